The number of rotatable bonds is 2. The molecule has 2 N–H and O–H groups in total. The van der Waals surface area contributed by atoms with E-state index < -0.39 is 11.6 Å². The molecule has 3 heteroatoms. The van der Waals surface area contributed by atoms with Crippen LogP contribution >= 0.6 is 0 Å². The minimum atomic E-state index is -1.44. The first-order valence-corrected chi connectivity index (χ1v) is 6.58. The summed E-state index contributed by atoms with van der Waals surface area (Å²) in [5.41, 5.74) is 3.96. The molecule has 0 radical (unpaired) electrons. The van der Waals surface area contributed by atoms with E-state index in [1.165, 1.54) is 0 Å². The normalized spacial score (nSPS) is 35.3. The predicted octanol–water partition coefficient (Wildman–Crippen LogP) is 2.97. The first-order valence-electron chi connectivity index (χ1n) is 6.58. The quantitative estimate of drug-likeness (QED) is 0.752. The highest BCUT2D eigenvalue weighted by molar-refractivity contribution is 5.32. The summed E-state index contributed by atoms with van der Waals surface area (Å²) in [7, 11) is 0. The van der Waals surface area contributed by atoms with Gasteiger partial charge in [0.15, 0.2) is 11.6 Å². The third kappa shape index (κ3) is 3.44. The minimum absolute atomic E-state index is 0.377. The lowest BCUT2D eigenvalue weighted by atomic mass is 9.93. The second-order valence-corrected chi connectivity index (χ2v) is 5.90. The second kappa shape index (κ2) is 4.75. The molecule has 0 bridgehead atoms. The molecule has 2 aliphatic rings. The molecule has 3 nitrogen and oxygen atoms in total. The smallest absolute Gasteiger partial charge is 0.193 e. The van der Waals surface area contributed by atoms with Crippen molar-refractivity contribution >= 4 is 0 Å². The van der Waals surface area contributed by atoms with E-state index in [2.05, 4.69) is 0 Å². The lowest BCUT2D eigenvalue weighted by Gasteiger charge is -2.38. The molecule has 2 rings (SSSR count). The van der Waals surface area contributed by atoms with E-state index >= 15 is 0 Å². The lowest BCUT2D eigenvalue weighted by Crippen LogP contribution is -2.44. The third-order valence-electron chi connectivity index (χ3n) is 3.27. The Bertz CT molecular complexity index is 464. The Labute approximate surface area is 114 Å². The largest absolute Gasteiger partial charge is 0.362 e. The summed E-state index contributed by atoms with van der Waals surface area (Å²) < 4.78 is 5.67. The van der Waals surface area contributed by atoms with Gasteiger partial charge in [0.25, 0.3) is 0 Å². The molecule has 0 aromatic carbocycles. The highest BCUT2D eigenvalue weighted by atomic mass is 16.7. The summed E-state index contributed by atoms with van der Waals surface area (Å²) >= 11 is 0. The fourth-order valence-corrected chi connectivity index (χ4v) is 3.01. The van der Waals surface area contributed by atoms with E-state index in [-0.39, 0.29) is 0 Å². The van der Waals surface area contributed by atoms with Gasteiger partial charge in [0, 0.05) is 12.8 Å². The highest BCUT2D eigenvalue weighted by Crippen LogP contribution is 2.35. The molecule has 19 heavy (non-hydrogen) atoms. The van der Waals surface area contributed by atoms with Gasteiger partial charge < -0.3 is 14.9 Å². The van der Waals surface area contributed by atoms with Gasteiger partial charge in [-0.3, -0.25) is 0 Å². The molecule has 104 valence electrons. The van der Waals surface area contributed by atoms with Crippen molar-refractivity contribution in [3.05, 3.63) is 46.6 Å². The predicted molar refractivity (Wildman–Crippen MR) is 75.2 cm³/mol. The van der Waals surface area contributed by atoms with E-state index in [0.29, 0.717) is 12.8 Å². The molecule has 0 fully saturated rings. The van der Waals surface area contributed by atoms with E-state index in [0.717, 1.165) is 22.3 Å². The van der Waals surface area contributed by atoms with Crippen molar-refractivity contribution in [2.24, 2.45) is 0 Å². The summed E-state index contributed by atoms with van der Waals surface area (Å²) in [5, 5.41) is 21.1. The molecule has 2 atom stereocenters. The molecule has 0 aliphatic heterocycles. The minimum Gasteiger partial charge on any atom is -0.362 e. The Balaban J connectivity index is 2.22. The SMILES string of the molecule is CC1=CC(O)(OC2(O)C=C(C)C=C(C)C2)CC(C)=C1. The maximum atomic E-state index is 10.6. The van der Waals surface area contributed by atoms with Gasteiger partial charge in [-0.15, -0.1) is 0 Å². The van der Waals surface area contributed by atoms with Crippen LogP contribution in [0.2, 0.25) is 0 Å². The molecule has 2 aliphatic carbocycles. The van der Waals surface area contributed by atoms with E-state index in [9.17, 15) is 10.2 Å². The van der Waals surface area contributed by atoms with E-state index in [1.807, 2.05) is 39.8 Å². The van der Waals surface area contributed by atoms with Crippen LogP contribution in [0.3, 0.4) is 0 Å². The van der Waals surface area contributed by atoms with Crippen LogP contribution in [0.4, 0.5) is 0 Å². The number of allylic oxidation sites excluding steroid dienone is 4. The topological polar surface area (TPSA) is 49.7 Å². The summed E-state index contributed by atoms with van der Waals surface area (Å²) in [6, 6.07) is 0. The molecule has 0 saturated heterocycles. The lowest BCUT2D eigenvalue weighted by molar-refractivity contribution is -0.291. The van der Waals surface area contributed by atoms with Crippen LogP contribution in [0.25, 0.3) is 0 Å². The molecule has 0 saturated carbocycles. The molecule has 0 aromatic rings. The Morgan fingerprint density at radius 2 is 1.21 bits per heavy atom. The molecular formula is C16H22O3. The van der Waals surface area contributed by atoms with Crippen molar-refractivity contribution in [1.82, 2.24) is 0 Å². The van der Waals surface area contributed by atoms with Gasteiger partial charge >= 0.3 is 0 Å². The Hall–Kier alpha value is -1.16. The Morgan fingerprint density at radius 3 is 1.53 bits per heavy atom. The Morgan fingerprint density at radius 1 is 0.842 bits per heavy atom. The van der Waals surface area contributed by atoms with Crippen LogP contribution in [-0.4, -0.2) is 21.8 Å². The van der Waals surface area contributed by atoms with Crippen LogP contribution in [0, 0.1) is 0 Å². The second-order valence-electron chi connectivity index (χ2n) is 5.90. The molecule has 0 heterocycles. The zero-order valence-electron chi connectivity index (χ0n) is 12.0. The number of hydrogen-bond donors (Lipinski definition) is 2. The summed E-state index contributed by atoms with van der Waals surface area (Å²) in [6.45, 7) is 7.71. The maximum absolute atomic E-state index is 10.6. The first-order chi connectivity index (χ1) is 8.70. The van der Waals surface area contributed by atoms with Crippen molar-refractivity contribution in [3.8, 4) is 0 Å². The van der Waals surface area contributed by atoms with Crippen LogP contribution < -0.4 is 0 Å². The third-order valence-corrected chi connectivity index (χ3v) is 3.27. The highest BCUT2D eigenvalue weighted by Gasteiger charge is 2.39. The fraction of sp³-hybridized carbons (Fsp3) is 0.500. The number of hydrogen-bond acceptors (Lipinski definition) is 3. The van der Waals surface area contributed by atoms with E-state index in [1.54, 1.807) is 12.2 Å². The van der Waals surface area contributed by atoms with E-state index in [4.69, 9.17) is 4.74 Å². The average Bonchev–Trinajstić information content (AvgIpc) is 2.08. The van der Waals surface area contributed by atoms with Crippen LogP contribution in [0.1, 0.15) is 40.5 Å². The molecule has 0 amide bonds. The fourth-order valence-electron chi connectivity index (χ4n) is 3.01. The monoisotopic (exact) mass is 262 g/mol. The number of ether oxygens (including phenoxy) is 1. The molecular weight excluding hydrogens is 240 g/mol. The van der Waals surface area contributed by atoms with Gasteiger partial charge in [0.1, 0.15) is 0 Å². The van der Waals surface area contributed by atoms with Crippen molar-refractivity contribution < 1.29 is 14.9 Å². The van der Waals surface area contributed by atoms with Gasteiger partial charge in [-0.2, -0.15) is 0 Å². The molecule has 2 unspecified atom stereocenters. The molecule has 0 aromatic heterocycles. The zero-order chi connectivity index (χ0) is 14.3. The van der Waals surface area contributed by atoms with Crippen molar-refractivity contribution in [3.63, 3.8) is 0 Å². The summed E-state index contributed by atoms with van der Waals surface area (Å²) in [4.78, 5) is 0. The summed E-state index contributed by atoms with van der Waals surface area (Å²) in [5.74, 6) is -2.88. The average molecular weight is 262 g/mol. The maximum Gasteiger partial charge on any atom is 0.193 e. The van der Waals surface area contributed by atoms with Gasteiger partial charge in [0.2, 0.25) is 0 Å². The van der Waals surface area contributed by atoms with Gasteiger partial charge in [-0.25, -0.2) is 0 Å². The van der Waals surface area contributed by atoms with Gasteiger partial charge in [0.05, 0.1) is 0 Å². The first kappa shape index (κ1) is 14.3. The number of aliphatic hydroxyl groups is 2. The van der Waals surface area contributed by atoms with Gasteiger partial charge in [-0.05, 0) is 51.0 Å². The standard InChI is InChI=1S/C16H22O3/c1-11-5-12(2)8-15(17,7-11)19-16(18)9-13(3)6-14(4)10-16/h5-7,9,17-18H,8,10H2,1-4H3. The van der Waals surface area contributed by atoms with Crippen LogP contribution in [0.15, 0.2) is 46.6 Å². The van der Waals surface area contributed by atoms with Crippen LogP contribution in [-0.2, 0) is 4.74 Å². The molecule has 0 spiro atoms. The van der Waals surface area contributed by atoms with Crippen LogP contribution in [0.5, 0.6) is 0 Å². The van der Waals surface area contributed by atoms with Crippen molar-refractivity contribution in [2.75, 3.05) is 0 Å². The van der Waals surface area contributed by atoms with Gasteiger partial charge in [-0.1, -0.05) is 23.3 Å². The Kier molecular flexibility index (Phi) is 3.56. The van der Waals surface area contributed by atoms with Crippen molar-refractivity contribution in [2.45, 2.75) is 52.1 Å². The van der Waals surface area contributed by atoms with Crippen molar-refractivity contribution in [1.29, 1.82) is 0 Å². The summed E-state index contributed by atoms with van der Waals surface area (Å²) in [6.07, 6.45) is 8.10. The zero-order valence-corrected chi connectivity index (χ0v) is 12.0.